The number of amides is 1. The highest BCUT2D eigenvalue weighted by molar-refractivity contribution is 5.92. The van der Waals surface area contributed by atoms with E-state index in [1.54, 1.807) is 18.0 Å². The predicted octanol–water partition coefficient (Wildman–Crippen LogP) is 1.10. The van der Waals surface area contributed by atoms with Crippen LogP contribution in [-0.4, -0.2) is 45.3 Å². The third-order valence-electron chi connectivity index (χ3n) is 3.34. The normalized spacial score (nSPS) is 18.3. The number of hydrogen-bond acceptors (Lipinski definition) is 3. The van der Waals surface area contributed by atoms with Crippen molar-refractivity contribution in [3.63, 3.8) is 0 Å². The van der Waals surface area contributed by atoms with Gasteiger partial charge in [0.15, 0.2) is 0 Å². The number of rotatable bonds is 3. The Morgan fingerprint density at radius 3 is 2.76 bits per heavy atom. The number of likely N-dealkylation sites (N-methyl/N-ethyl adjacent to an activating group) is 1. The van der Waals surface area contributed by atoms with Gasteiger partial charge in [0, 0.05) is 19.3 Å². The minimum atomic E-state index is -0.699. The first-order valence-electron chi connectivity index (χ1n) is 6.00. The first kappa shape index (κ1) is 12.1. The van der Waals surface area contributed by atoms with Crippen LogP contribution >= 0.6 is 0 Å². The highest BCUT2D eigenvalue weighted by atomic mass is 16.3. The van der Waals surface area contributed by atoms with E-state index in [4.69, 9.17) is 0 Å². The Morgan fingerprint density at radius 1 is 1.59 bits per heavy atom. The zero-order chi connectivity index (χ0) is 12.5. The van der Waals surface area contributed by atoms with Crippen LogP contribution in [-0.2, 0) is 0 Å². The molecule has 1 aromatic rings. The number of aromatic amines is 1. The Labute approximate surface area is 101 Å². The van der Waals surface area contributed by atoms with Gasteiger partial charge in [-0.3, -0.25) is 9.89 Å². The molecule has 1 aliphatic rings. The Kier molecular flexibility index (Phi) is 3.19. The van der Waals surface area contributed by atoms with Crippen LogP contribution in [0.3, 0.4) is 0 Å². The molecule has 5 heteroatoms. The van der Waals surface area contributed by atoms with E-state index in [0.29, 0.717) is 12.2 Å². The van der Waals surface area contributed by atoms with Crippen molar-refractivity contribution in [1.29, 1.82) is 0 Å². The number of hydrogen-bond donors (Lipinski definition) is 2. The third kappa shape index (κ3) is 2.66. The lowest BCUT2D eigenvalue weighted by Crippen LogP contribution is -2.42. The van der Waals surface area contributed by atoms with Gasteiger partial charge in [-0.05, 0) is 25.8 Å². The molecule has 17 heavy (non-hydrogen) atoms. The minimum absolute atomic E-state index is 0.144. The van der Waals surface area contributed by atoms with Crippen LogP contribution in [0.5, 0.6) is 0 Å². The van der Waals surface area contributed by atoms with E-state index in [0.717, 1.165) is 31.4 Å². The van der Waals surface area contributed by atoms with Crippen molar-refractivity contribution in [3.8, 4) is 0 Å². The molecule has 2 rings (SSSR count). The molecule has 0 aromatic carbocycles. The van der Waals surface area contributed by atoms with Crippen LogP contribution in [0, 0.1) is 6.92 Å². The van der Waals surface area contributed by atoms with Crippen LogP contribution < -0.4 is 0 Å². The molecule has 0 radical (unpaired) electrons. The lowest BCUT2D eigenvalue weighted by molar-refractivity contribution is 0.0155. The summed E-state index contributed by atoms with van der Waals surface area (Å²) >= 11 is 0. The molecule has 2 N–H and O–H groups in total. The van der Waals surface area contributed by atoms with Gasteiger partial charge in [-0.25, -0.2) is 0 Å². The Bertz CT molecular complexity index is 408. The molecule has 94 valence electrons. The maximum atomic E-state index is 12.0. The number of carbonyl (C=O) groups is 1. The molecule has 1 aromatic heterocycles. The summed E-state index contributed by atoms with van der Waals surface area (Å²) in [6.45, 7) is 2.24. The molecule has 0 bridgehead atoms. The lowest BCUT2D eigenvalue weighted by atomic mass is 10.0. The van der Waals surface area contributed by atoms with Gasteiger partial charge in [0.2, 0.25) is 0 Å². The molecule has 0 unspecified atom stereocenters. The van der Waals surface area contributed by atoms with Crippen LogP contribution in [0.25, 0.3) is 0 Å². The standard InChI is InChI=1S/C12H19N3O2/c1-9-7-10(14-13-9)11(16)15(2)8-12(17)5-3-4-6-12/h7,17H,3-6,8H2,1-2H3,(H,13,14). The summed E-state index contributed by atoms with van der Waals surface area (Å²) in [6.07, 6.45) is 3.65. The minimum Gasteiger partial charge on any atom is -0.388 e. The number of nitrogens with zero attached hydrogens (tertiary/aromatic N) is 2. The number of carbonyl (C=O) groups excluding carboxylic acids is 1. The van der Waals surface area contributed by atoms with Crippen molar-refractivity contribution >= 4 is 5.91 Å². The lowest BCUT2D eigenvalue weighted by Gasteiger charge is -2.28. The fraction of sp³-hybridized carbons (Fsp3) is 0.667. The summed E-state index contributed by atoms with van der Waals surface area (Å²) in [5.41, 5.74) is 0.573. The Morgan fingerprint density at radius 2 is 2.24 bits per heavy atom. The SMILES string of the molecule is Cc1cc(C(=O)N(C)CC2(O)CCCC2)n[nH]1. The average molecular weight is 237 g/mol. The van der Waals surface area contributed by atoms with Gasteiger partial charge in [0.25, 0.3) is 5.91 Å². The fourth-order valence-corrected chi connectivity index (χ4v) is 2.43. The average Bonchev–Trinajstić information content (AvgIpc) is 2.86. The molecule has 0 aliphatic heterocycles. The van der Waals surface area contributed by atoms with Crippen molar-refractivity contribution in [2.75, 3.05) is 13.6 Å². The van der Waals surface area contributed by atoms with Crippen LogP contribution in [0.2, 0.25) is 0 Å². The third-order valence-corrected chi connectivity index (χ3v) is 3.34. The van der Waals surface area contributed by atoms with Gasteiger partial charge in [-0.2, -0.15) is 5.10 Å². The molecular weight excluding hydrogens is 218 g/mol. The number of aliphatic hydroxyl groups is 1. The van der Waals surface area contributed by atoms with E-state index in [1.807, 2.05) is 6.92 Å². The molecule has 1 aliphatic carbocycles. The summed E-state index contributed by atoms with van der Waals surface area (Å²) in [4.78, 5) is 13.6. The molecule has 1 amide bonds. The van der Waals surface area contributed by atoms with Crippen LogP contribution in [0.1, 0.15) is 41.9 Å². The van der Waals surface area contributed by atoms with E-state index in [1.165, 1.54) is 0 Å². The summed E-state index contributed by atoms with van der Waals surface area (Å²) in [5, 5.41) is 16.9. The van der Waals surface area contributed by atoms with Crippen molar-refractivity contribution in [2.45, 2.75) is 38.2 Å². The molecule has 1 heterocycles. The van der Waals surface area contributed by atoms with Crippen molar-refractivity contribution in [3.05, 3.63) is 17.5 Å². The van der Waals surface area contributed by atoms with E-state index in [2.05, 4.69) is 10.2 Å². The van der Waals surface area contributed by atoms with E-state index in [-0.39, 0.29) is 5.91 Å². The summed E-state index contributed by atoms with van der Waals surface area (Å²) in [6, 6.07) is 1.72. The first-order valence-corrected chi connectivity index (χ1v) is 6.00. The molecule has 0 atom stereocenters. The number of nitrogens with one attached hydrogen (secondary N) is 1. The van der Waals surface area contributed by atoms with Gasteiger partial charge < -0.3 is 10.0 Å². The number of aryl methyl sites for hydroxylation is 1. The fourth-order valence-electron chi connectivity index (χ4n) is 2.43. The zero-order valence-corrected chi connectivity index (χ0v) is 10.4. The molecule has 5 nitrogen and oxygen atoms in total. The second-order valence-electron chi connectivity index (χ2n) is 5.03. The predicted molar refractivity (Wildman–Crippen MR) is 63.7 cm³/mol. The molecule has 1 saturated carbocycles. The maximum Gasteiger partial charge on any atom is 0.274 e. The molecular formula is C12H19N3O2. The Balaban J connectivity index is 2.00. The highest BCUT2D eigenvalue weighted by Gasteiger charge is 2.33. The molecule has 0 saturated heterocycles. The number of H-pyrrole nitrogens is 1. The van der Waals surface area contributed by atoms with Gasteiger partial charge in [0.05, 0.1) is 5.60 Å². The van der Waals surface area contributed by atoms with E-state index < -0.39 is 5.60 Å². The van der Waals surface area contributed by atoms with E-state index >= 15 is 0 Å². The summed E-state index contributed by atoms with van der Waals surface area (Å²) in [7, 11) is 1.71. The Hall–Kier alpha value is -1.36. The van der Waals surface area contributed by atoms with Crippen molar-refractivity contribution < 1.29 is 9.90 Å². The number of aromatic nitrogens is 2. The van der Waals surface area contributed by atoms with Gasteiger partial charge >= 0.3 is 0 Å². The maximum absolute atomic E-state index is 12.0. The molecule has 1 fully saturated rings. The van der Waals surface area contributed by atoms with Crippen molar-refractivity contribution in [2.24, 2.45) is 0 Å². The largest absolute Gasteiger partial charge is 0.388 e. The quantitative estimate of drug-likeness (QED) is 0.827. The summed E-state index contributed by atoms with van der Waals surface area (Å²) in [5.74, 6) is -0.144. The van der Waals surface area contributed by atoms with Crippen LogP contribution in [0.4, 0.5) is 0 Å². The van der Waals surface area contributed by atoms with Gasteiger partial charge in [-0.1, -0.05) is 12.8 Å². The first-order chi connectivity index (χ1) is 8.00. The molecule has 0 spiro atoms. The van der Waals surface area contributed by atoms with Gasteiger partial charge in [0.1, 0.15) is 5.69 Å². The van der Waals surface area contributed by atoms with Crippen LogP contribution in [0.15, 0.2) is 6.07 Å². The second-order valence-corrected chi connectivity index (χ2v) is 5.03. The zero-order valence-electron chi connectivity index (χ0n) is 10.4. The monoisotopic (exact) mass is 237 g/mol. The smallest absolute Gasteiger partial charge is 0.274 e. The second kappa shape index (κ2) is 4.49. The van der Waals surface area contributed by atoms with E-state index in [9.17, 15) is 9.90 Å². The topological polar surface area (TPSA) is 69.2 Å². The van der Waals surface area contributed by atoms with Crippen molar-refractivity contribution in [1.82, 2.24) is 15.1 Å². The highest BCUT2D eigenvalue weighted by Crippen LogP contribution is 2.30. The van der Waals surface area contributed by atoms with Gasteiger partial charge in [-0.15, -0.1) is 0 Å². The summed E-state index contributed by atoms with van der Waals surface area (Å²) < 4.78 is 0.